The average molecular weight is 265 g/mol. The summed E-state index contributed by atoms with van der Waals surface area (Å²) in [6, 6.07) is 17.2. The number of ketones is 1. The van der Waals surface area contributed by atoms with Crippen LogP contribution in [-0.4, -0.2) is 17.2 Å². The Morgan fingerprint density at radius 3 is 1.95 bits per heavy atom. The van der Waals surface area contributed by atoms with E-state index in [1.54, 1.807) is 6.92 Å². The molecule has 1 heterocycles. The van der Waals surface area contributed by atoms with E-state index in [-0.39, 0.29) is 5.78 Å². The van der Waals surface area contributed by atoms with E-state index in [0.29, 0.717) is 6.42 Å². The fourth-order valence-corrected chi connectivity index (χ4v) is 2.85. The van der Waals surface area contributed by atoms with Crippen LogP contribution >= 0.6 is 0 Å². The Balaban J connectivity index is 1.98. The van der Waals surface area contributed by atoms with Gasteiger partial charge in [-0.15, -0.1) is 0 Å². The van der Waals surface area contributed by atoms with Crippen LogP contribution < -0.4 is 0 Å². The molecule has 0 saturated heterocycles. The number of benzene rings is 2. The SMILES string of the molecule is CC(=O)CCN1Cc2ccccc2-c2ccccc2C1. The van der Waals surface area contributed by atoms with Gasteiger partial charge in [0, 0.05) is 26.1 Å². The first kappa shape index (κ1) is 13.1. The highest BCUT2D eigenvalue weighted by molar-refractivity contribution is 5.75. The smallest absolute Gasteiger partial charge is 0.131 e. The molecule has 2 aromatic carbocycles. The van der Waals surface area contributed by atoms with Crippen LogP contribution in [0.3, 0.4) is 0 Å². The van der Waals surface area contributed by atoms with Gasteiger partial charge in [0.1, 0.15) is 5.78 Å². The molecule has 0 radical (unpaired) electrons. The van der Waals surface area contributed by atoms with Gasteiger partial charge in [-0.25, -0.2) is 0 Å². The highest BCUT2D eigenvalue weighted by Crippen LogP contribution is 2.32. The summed E-state index contributed by atoms with van der Waals surface area (Å²) in [4.78, 5) is 13.6. The number of Topliss-reactive ketones (excluding diaryl/α,β-unsaturated/α-hetero) is 1. The predicted molar refractivity (Wildman–Crippen MR) is 81.3 cm³/mol. The molecule has 0 aliphatic carbocycles. The monoisotopic (exact) mass is 265 g/mol. The molecule has 102 valence electrons. The molecule has 2 nitrogen and oxygen atoms in total. The van der Waals surface area contributed by atoms with Crippen LogP contribution in [0.25, 0.3) is 11.1 Å². The number of fused-ring (bicyclic) bond motifs is 3. The van der Waals surface area contributed by atoms with Crippen LogP contribution in [0.4, 0.5) is 0 Å². The standard InChI is InChI=1S/C18H19NO/c1-14(20)10-11-19-12-15-6-2-4-8-17(15)18-9-5-3-7-16(18)13-19/h2-9H,10-13H2,1H3. The number of carbonyl (C=O) groups is 1. The Bertz CT molecular complexity index is 585. The normalized spacial score (nSPS) is 14.2. The van der Waals surface area contributed by atoms with Crippen LogP contribution in [0.1, 0.15) is 24.5 Å². The Morgan fingerprint density at radius 2 is 1.45 bits per heavy atom. The van der Waals surface area contributed by atoms with Crippen LogP contribution in [0.5, 0.6) is 0 Å². The Labute approximate surface area is 120 Å². The molecule has 1 aliphatic heterocycles. The van der Waals surface area contributed by atoms with Crippen molar-refractivity contribution in [3.8, 4) is 11.1 Å². The maximum Gasteiger partial charge on any atom is 0.131 e. The van der Waals surface area contributed by atoms with E-state index in [1.165, 1.54) is 22.3 Å². The van der Waals surface area contributed by atoms with Gasteiger partial charge in [0.15, 0.2) is 0 Å². The van der Waals surface area contributed by atoms with Gasteiger partial charge in [-0.2, -0.15) is 0 Å². The molecule has 0 amide bonds. The number of nitrogens with zero attached hydrogens (tertiary/aromatic N) is 1. The van der Waals surface area contributed by atoms with Gasteiger partial charge in [0.2, 0.25) is 0 Å². The second-order valence-corrected chi connectivity index (χ2v) is 5.48. The van der Waals surface area contributed by atoms with Crippen molar-refractivity contribution in [1.82, 2.24) is 4.90 Å². The topological polar surface area (TPSA) is 20.3 Å². The van der Waals surface area contributed by atoms with E-state index >= 15 is 0 Å². The summed E-state index contributed by atoms with van der Waals surface area (Å²) in [5.41, 5.74) is 5.35. The molecule has 2 aromatic rings. The highest BCUT2D eigenvalue weighted by Gasteiger charge is 2.18. The summed E-state index contributed by atoms with van der Waals surface area (Å²) < 4.78 is 0. The van der Waals surface area contributed by atoms with E-state index < -0.39 is 0 Å². The lowest BCUT2D eigenvalue weighted by Crippen LogP contribution is -2.24. The zero-order valence-corrected chi connectivity index (χ0v) is 11.8. The highest BCUT2D eigenvalue weighted by atomic mass is 16.1. The van der Waals surface area contributed by atoms with Gasteiger partial charge < -0.3 is 0 Å². The van der Waals surface area contributed by atoms with E-state index in [2.05, 4.69) is 53.4 Å². The van der Waals surface area contributed by atoms with Crippen molar-refractivity contribution in [1.29, 1.82) is 0 Å². The van der Waals surface area contributed by atoms with Gasteiger partial charge in [0.25, 0.3) is 0 Å². The molecule has 0 unspecified atom stereocenters. The molecule has 0 bridgehead atoms. The summed E-state index contributed by atoms with van der Waals surface area (Å²) in [6.45, 7) is 4.33. The molecule has 0 atom stereocenters. The molecule has 0 aromatic heterocycles. The molecular weight excluding hydrogens is 246 g/mol. The van der Waals surface area contributed by atoms with Crippen molar-refractivity contribution in [2.24, 2.45) is 0 Å². The second kappa shape index (κ2) is 5.59. The van der Waals surface area contributed by atoms with Crippen LogP contribution in [0.15, 0.2) is 48.5 Å². The first-order valence-electron chi connectivity index (χ1n) is 7.12. The first-order valence-corrected chi connectivity index (χ1v) is 7.12. The Kier molecular flexibility index (Phi) is 3.66. The van der Waals surface area contributed by atoms with E-state index in [9.17, 15) is 4.79 Å². The van der Waals surface area contributed by atoms with Gasteiger partial charge in [-0.1, -0.05) is 48.5 Å². The molecule has 2 heteroatoms. The fourth-order valence-electron chi connectivity index (χ4n) is 2.85. The van der Waals surface area contributed by atoms with Gasteiger partial charge >= 0.3 is 0 Å². The van der Waals surface area contributed by atoms with Gasteiger partial charge in [-0.05, 0) is 29.2 Å². The third kappa shape index (κ3) is 2.66. The first-order chi connectivity index (χ1) is 9.74. The van der Waals surface area contributed by atoms with Gasteiger partial charge in [0.05, 0.1) is 0 Å². The predicted octanol–water partition coefficient (Wildman–Crippen LogP) is 3.65. The van der Waals surface area contributed by atoms with Crippen LogP contribution in [-0.2, 0) is 17.9 Å². The lowest BCUT2D eigenvalue weighted by Gasteiger charge is -2.20. The zero-order chi connectivity index (χ0) is 13.9. The summed E-state index contributed by atoms with van der Waals surface area (Å²) in [7, 11) is 0. The van der Waals surface area contributed by atoms with Crippen molar-refractivity contribution in [3.05, 3.63) is 59.7 Å². The van der Waals surface area contributed by atoms with Crippen molar-refractivity contribution >= 4 is 5.78 Å². The number of carbonyl (C=O) groups excluding carboxylic acids is 1. The van der Waals surface area contributed by atoms with E-state index in [0.717, 1.165) is 19.6 Å². The minimum Gasteiger partial charge on any atom is -0.300 e. The minimum atomic E-state index is 0.260. The third-order valence-corrected chi connectivity index (χ3v) is 3.89. The van der Waals surface area contributed by atoms with Crippen molar-refractivity contribution < 1.29 is 4.79 Å². The van der Waals surface area contributed by atoms with Crippen LogP contribution in [0.2, 0.25) is 0 Å². The zero-order valence-electron chi connectivity index (χ0n) is 11.8. The third-order valence-electron chi connectivity index (χ3n) is 3.89. The maximum absolute atomic E-state index is 11.2. The largest absolute Gasteiger partial charge is 0.300 e. The summed E-state index contributed by atoms with van der Waals surface area (Å²) in [5, 5.41) is 0. The van der Waals surface area contributed by atoms with Crippen molar-refractivity contribution in [3.63, 3.8) is 0 Å². The summed E-state index contributed by atoms with van der Waals surface area (Å²) in [6.07, 6.45) is 0.629. The maximum atomic E-state index is 11.2. The fraction of sp³-hybridized carbons (Fsp3) is 0.278. The molecular formula is C18H19NO. The molecule has 0 spiro atoms. The quantitative estimate of drug-likeness (QED) is 0.844. The minimum absolute atomic E-state index is 0.260. The summed E-state index contributed by atoms with van der Waals surface area (Å²) in [5.74, 6) is 0.260. The Morgan fingerprint density at radius 1 is 0.950 bits per heavy atom. The molecule has 0 fully saturated rings. The van der Waals surface area contributed by atoms with Crippen molar-refractivity contribution in [2.75, 3.05) is 6.54 Å². The molecule has 3 rings (SSSR count). The number of rotatable bonds is 3. The number of hydrogen-bond donors (Lipinski definition) is 0. The Hall–Kier alpha value is -1.93. The lowest BCUT2D eigenvalue weighted by molar-refractivity contribution is -0.117. The number of hydrogen-bond acceptors (Lipinski definition) is 2. The summed E-state index contributed by atoms with van der Waals surface area (Å²) >= 11 is 0. The van der Waals surface area contributed by atoms with Crippen molar-refractivity contribution in [2.45, 2.75) is 26.4 Å². The molecule has 1 aliphatic rings. The van der Waals surface area contributed by atoms with Crippen LogP contribution in [0, 0.1) is 0 Å². The molecule has 0 N–H and O–H groups in total. The van der Waals surface area contributed by atoms with Gasteiger partial charge in [-0.3, -0.25) is 9.69 Å². The lowest BCUT2D eigenvalue weighted by atomic mass is 9.97. The molecule has 0 saturated carbocycles. The second-order valence-electron chi connectivity index (χ2n) is 5.48. The molecule has 20 heavy (non-hydrogen) atoms. The van der Waals surface area contributed by atoms with E-state index in [4.69, 9.17) is 0 Å². The average Bonchev–Trinajstić information content (AvgIpc) is 2.61. The van der Waals surface area contributed by atoms with E-state index in [1.807, 2.05) is 0 Å².